The summed E-state index contributed by atoms with van der Waals surface area (Å²) < 4.78 is 15.1. The van der Waals surface area contributed by atoms with Crippen molar-refractivity contribution in [2.75, 3.05) is 24.3 Å². The van der Waals surface area contributed by atoms with E-state index in [0.29, 0.717) is 45.3 Å². The Labute approximate surface area is 217 Å². The third-order valence-electron chi connectivity index (χ3n) is 5.64. The summed E-state index contributed by atoms with van der Waals surface area (Å²) in [6.07, 6.45) is -0.548. The standard InChI is InChI=1S/C24H19ClN4O7S/c1-34-24(33)36-19-15-8-9-29(21(30)12-2-7-16-17(10-12)35-23(32)27-16)11-18(15)37-20(19)28-22(31)26-14-5-3-13(25)4-6-14/h2-7,10H,8-9,11H2,1H3,(H,27,32)(H2,26,28,31). The van der Waals surface area contributed by atoms with Crippen LogP contribution in [-0.4, -0.2) is 41.6 Å². The molecule has 13 heteroatoms. The molecule has 0 spiro atoms. The van der Waals surface area contributed by atoms with Gasteiger partial charge in [0.2, 0.25) is 0 Å². The highest BCUT2D eigenvalue weighted by Gasteiger charge is 2.30. The number of methoxy groups -OCH3 is 1. The lowest BCUT2D eigenvalue weighted by molar-refractivity contribution is 0.0735. The number of amides is 3. The number of nitrogens with zero attached hydrogens (tertiary/aromatic N) is 1. The van der Waals surface area contributed by atoms with Crippen LogP contribution in [0.3, 0.4) is 0 Å². The Kier molecular flexibility index (Phi) is 6.59. The fourth-order valence-electron chi connectivity index (χ4n) is 3.92. The molecule has 2 aromatic heterocycles. The van der Waals surface area contributed by atoms with Crippen molar-refractivity contribution in [3.05, 3.63) is 74.0 Å². The van der Waals surface area contributed by atoms with Crippen molar-refractivity contribution in [1.29, 1.82) is 0 Å². The summed E-state index contributed by atoms with van der Waals surface area (Å²) >= 11 is 7.08. The number of aromatic amines is 1. The Balaban J connectivity index is 1.37. The number of hydrogen-bond donors (Lipinski definition) is 3. The zero-order valence-corrected chi connectivity index (χ0v) is 20.8. The highest BCUT2D eigenvalue weighted by atomic mass is 35.5. The Morgan fingerprint density at radius 2 is 1.92 bits per heavy atom. The minimum atomic E-state index is -0.929. The number of H-pyrrole nitrogens is 1. The number of benzene rings is 2. The van der Waals surface area contributed by atoms with Crippen LogP contribution in [0.1, 0.15) is 20.8 Å². The second kappa shape index (κ2) is 9.99. The molecule has 37 heavy (non-hydrogen) atoms. The van der Waals surface area contributed by atoms with Gasteiger partial charge in [0.05, 0.1) is 19.2 Å². The molecule has 0 radical (unpaired) electrons. The van der Waals surface area contributed by atoms with Gasteiger partial charge in [-0.3, -0.25) is 15.1 Å². The van der Waals surface area contributed by atoms with E-state index >= 15 is 0 Å². The molecule has 1 aliphatic heterocycles. The number of fused-ring (bicyclic) bond motifs is 2. The van der Waals surface area contributed by atoms with Crippen molar-refractivity contribution in [2.45, 2.75) is 13.0 Å². The van der Waals surface area contributed by atoms with Gasteiger partial charge in [0.15, 0.2) is 11.3 Å². The first kappa shape index (κ1) is 24.4. The summed E-state index contributed by atoms with van der Waals surface area (Å²) in [6.45, 7) is 0.567. The van der Waals surface area contributed by atoms with Crippen LogP contribution in [0.5, 0.6) is 5.75 Å². The van der Waals surface area contributed by atoms with Crippen molar-refractivity contribution in [3.8, 4) is 5.75 Å². The number of ether oxygens (including phenoxy) is 2. The number of aromatic nitrogens is 1. The summed E-state index contributed by atoms with van der Waals surface area (Å²) in [6, 6.07) is 10.8. The van der Waals surface area contributed by atoms with E-state index in [4.69, 9.17) is 20.8 Å². The second-order valence-corrected chi connectivity index (χ2v) is 9.55. The molecule has 3 N–H and O–H groups in total. The largest absolute Gasteiger partial charge is 0.513 e. The predicted octanol–water partition coefficient (Wildman–Crippen LogP) is 4.82. The molecule has 0 saturated carbocycles. The summed E-state index contributed by atoms with van der Waals surface area (Å²) in [5, 5.41) is 6.23. The van der Waals surface area contributed by atoms with E-state index in [1.807, 2.05) is 0 Å². The van der Waals surface area contributed by atoms with E-state index in [1.165, 1.54) is 24.5 Å². The molecule has 2 aromatic carbocycles. The van der Waals surface area contributed by atoms with Gasteiger partial charge in [-0.25, -0.2) is 14.4 Å². The quantitative estimate of drug-likeness (QED) is 0.313. The Morgan fingerprint density at radius 3 is 2.68 bits per heavy atom. The molecule has 4 aromatic rings. The number of anilines is 2. The van der Waals surface area contributed by atoms with Crippen molar-refractivity contribution < 1.29 is 28.3 Å². The van der Waals surface area contributed by atoms with Gasteiger partial charge in [-0.05, 0) is 48.9 Å². The Bertz CT molecular complexity index is 1570. The van der Waals surface area contributed by atoms with E-state index in [9.17, 15) is 19.2 Å². The molecular formula is C24H19ClN4O7S. The number of halogens is 1. The smallest absolute Gasteiger partial charge is 0.437 e. The Hall–Kier alpha value is -4.29. The molecule has 1 aliphatic rings. The van der Waals surface area contributed by atoms with Gasteiger partial charge in [0, 0.05) is 33.3 Å². The van der Waals surface area contributed by atoms with Crippen LogP contribution in [-0.2, 0) is 17.7 Å². The van der Waals surface area contributed by atoms with Gasteiger partial charge in [0.25, 0.3) is 5.91 Å². The molecule has 5 rings (SSSR count). The number of thiophene rings is 1. The number of carbonyl (C=O) groups excluding carboxylic acids is 3. The van der Waals surface area contributed by atoms with Gasteiger partial charge in [0.1, 0.15) is 5.00 Å². The lowest BCUT2D eigenvalue weighted by atomic mass is 10.1. The highest BCUT2D eigenvalue weighted by Crippen LogP contribution is 2.43. The van der Waals surface area contributed by atoms with E-state index in [0.717, 1.165) is 4.88 Å². The van der Waals surface area contributed by atoms with Crippen LogP contribution in [0.15, 0.2) is 51.7 Å². The minimum absolute atomic E-state index is 0.181. The van der Waals surface area contributed by atoms with E-state index in [2.05, 4.69) is 20.4 Å². The SMILES string of the molecule is COC(=O)Oc1c(NC(=O)Nc2ccc(Cl)cc2)sc2c1CCN(C(=O)c1ccc3[nH]c(=O)oc3c1)C2. The first-order valence-electron chi connectivity index (χ1n) is 11.0. The van der Waals surface area contributed by atoms with Crippen molar-refractivity contribution in [2.24, 2.45) is 0 Å². The molecule has 3 heterocycles. The summed E-state index contributed by atoms with van der Waals surface area (Å²) in [5.74, 6) is -0.671. The highest BCUT2D eigenvalue weighted by molar-refractivity contribution is 7.17. The maximum Gasteiger partial charge on any atom is 0.513 e. The monoisotopic (exact) mass is 542 g/mol. The summed E-state index contributed by atoms with van der Waals surface area (Å²) in [7, 11) is 1.19. The molecule has 0 bridgehead atoms. The van der Waals surface area contributed by atoms with E-state index in [-0.39, 0.29) is 23.8 Å². The van der Waals surface area contributed by atoms with Gasteiger partial charge >= 0.3 is 17.9 Å². The predicted molar refractivity (Wildman–Crippen MR) is 137 cm³/mol. The molecule has 190 valence electrons. The van der Waals surface area contributed by atoms with Crippen LogP contribution in [0.4, 0.5) is 20.3 Å². The van der Waals surface area contributed by atoms with Crippen LogP contribution in [0, 0.1) is 0 Å². The zero-order valence-electron chi connectivity index (χ0n) is 19.3. The van der Waals surface area contributed by atoms with Crippen molar-refractivity contribution in [3.63, 3.8) is 0 Å². The lowest BCUT2D eigenvalue weighted by Crippen LogP contribution is -2.35. The van der Waals surface area contributed by atoms with Gasteiger partial charge in [-0.1, -0.05) is 11.6 Å². The van der Waals surface area contributed by atoms with Crippen molar-refractivity contribution in [1.82, 2.24) is 9.88 Å². The van der Waals surface area contributed by atoms with Crippen LogP contribution >= 0.6 is 22.9 Å². The maximum atomic E-state index is 13.2. The van der Waals surface area contributed by atoms with Crippen LogP contribution in [0.2, 0.25) is 5.02 Å². The minimum Gasteiger partial charge on any atom is -0.437 e. The fraction of sp³-hybridized carbons (Fsp3) is 0.167. The molecule has 0 atom stereocenters. The maximum absolute atomic E-state index is 13.2. The third-order valence-corrected chi connectivity index (χ3v) is 7.01. The number of urea groups is 1. The molecule has 3 amide bonds. The van der Waals surface area contributed by atoms with E-state index < -0.39 is 17.9 Å². The normalized spacial score (nSPS) is 12.6. The third kappa shape index (κ3) is 5.15. The summed E-state index contributed by atoms with van der Waals surface area (Å²) in [4.78, 5) is 54.1. The number of hydrogen-bond acceptors (Lipinski definition) is 8. The summed E-state index contributed by atoms with van der Waals surface area (Å²) in [5.41, 5.74) is 2.37. The number of rotatable bonds is 4. The molecular weight excluding hydrogens is 524 g/mol. The van der Waals surface area contributed by atoms with Gasteiger partial charge in [-0.15, -0.1) is 11.3 Å². The molecule has 11 nitrogen and oxygen atoms in total. The molecule has 0 saturated heterocycles. The van der Waals surface area contributed by atoms with Crippen LogP contribution < -0.4 is 21.1 Å². The average Bonchev–Trinajstić information content (AvgIpc) is 3.42. The number of carbonyl (C=O) groups is 3. The first-order chi connectivity index (χ1) is 17.8. The van der Waals surface area contributed by atoms with E-state index in [1.54, 1.807) is 41.3 Å². The van der Waals surface area contributed by atoms with Crippen molar-refractivity contribution >= 4 is 62.8 Å². The molecule has 0 unspecified atom stereocenters. The van der Waals surface area contributed by atoms with Gasteiger partial charge in [-0.2, -0.15) is 0 Å². The topological polar surface area (TPSA) is 143 Å². The number of oxazole rings is 1. The zero-order chi connectivity index (χ0) is 26.1. The fourth-order valence-corrected chi connectivity index (χ4v) is 5.23. The first-order valence-corrected chi connectivity index (χ1v) is 12.2. The lowest BCUT2D eigenvalue weighted by Gasteiger charge is -2.27. The second-order valence-electron chi connectivity index (χ2n) is 8.01. The van der Waals surface area contributed by atoms with Crippen LogP contribution in [0.25, 0.3) is 11.1 Å². The van der Waals surface area contributed by atoms with Gasteiger partial charge < -0.3 is 24.1 Å². The Morgan fingerprint density at radius 1 is 1.14 bits per heavy atom. The number of nitrogens with one attached hydrogen (secondary N) is 3. The average molecular weight is 543 g/mol. The molecule has 0 aliphatic carbocycles. The molecule has 0 fully saturated rings.